The summed E-state index contributed by atoms with van der Waals surface area (Å²) >= 11 is 2.82. The molecule has 0 saturated carbocycles. The van der Waals surface area contributed by atoms with E-state index >= 15 is 0 Å². The highest BCUT2D eigenvalue weighted by Gasteiger charge is 2.17. The number of thioether (sulfide) groups is 1. The number of rotatable bonds is 9. The molecule has 152 valence electrons. The van der Waals surface area contributed by atoms with Crippen LogP contribution in [0.5, 0.6) is 0 Å². The molecule has 5 nitrogen and oxygen atoms in total. The van der Waals surface area contributed by atoms with Crippen LogP contribution in [0.15, 0.2) is 87.8 Å². The topological polar surface area (TPSA) is 59.2 Å². The Bertz CT molecular complexity index is 1050. The molecule has 0 radical (unpaired) electrons. The fourth-order valence-electron chi connectivity index (χ4n) is 2.99. The first kappa shape index (κ1) is 20.4. The zero-order valence-electron chi connectivity index (χ0n) is 16.3. The van der Waals surface area contributed by atoms with Crippen LogP contribution >= 0.6 is 23.1 Å². The van der Waals surface area contributed by atoms with Crippen molar-refractivity contribution in [3.8, 4) is 10.8 Å². The number of nitrogens with zero attached hydrogens (tertiary/aromatic N) is 3. The van der Waals surface area contributed by atoms with Crippen LogP contribution < -0.4 is 0 Å². The van der Waals surface area contributed by atoms with Crippen molar-refractivity contribution in [1.29, 1.82) is 0 Å². The molecule has 2 heterocycles. The molecule has 1 amide bonds. The average Bonchev–Trinajstić information content (AvgIpc) is 3.48. The lowest BCUT2D eigenvalue weighted by Gasteiger charge is -2.22. The fraction of sp³-hybridized carbons (Fsp3) is 0.174. The first-order chi connectivity index (χ1) is 14.8. The van der Waals surface area contributed by atoms with Gasteiger partial charge in [0.25, 0.3) is 11.1 Å². The summed E-state index contributed by atoms with van der Waals surface area (Å²) in [5.74, 6) is 0.800. The second-order valence-corrected chi connectivity index (χ2v) is 8.55. The Balaban J connectivity index is 1.39. The lowest BCUT2D eigenvalue weighted by molar-refractivity contribution is -0.128. The molecule has 30 heavy (non-hydrogen) atoms. The largest absolute Gasteiger partial charge is 0.410 e. The summed E-state index contributed by atoms with van der Waals surface area (Å²) in [7, 11) is 0. The monoisotopic (exact) mass is 435 g/mol. The van der Waals surface area contributed by atoms with Crippen molar-refractivity contribution in [1.82, 2.24) is 15.1 Å². The van der Waals surface area contributed by atoms with Gasteiger partial charge in [-0.2, -0.15) is 0 Å². The zero-order valence-corrected chi connectivity index (χ0v) is 17.9. The number of benzene rings is 2. The Morgan fingerprint density at radius 1 is 0.933 bits per heavy atom. The van der Waals surface area contributed by atoms with Crippen molar-refractivity contribution in [3.63, 3.8) is 0 Å². The average molecular weight is 436 g/mol. The van der Waals surface area contributed by atoms with E-state index in [4.69, 9.17) is 4.42 Å². The lowest BCUT2D eigenvalue weighted by Crippen LogP contribution is -2.33. The lowest BCUT2D eigenvalue weighted by atomic mass is 10.1. The van der Waals surface area contributed by atoms with Crippen molar-refractivity contribution in [2.24, 2.45) is 0 Å². The summed E-state index contributed by atoms with van der Waals surface area (Å²) in [6.07, 6.45) is 0.813. The number of aromatic nitrogens is 2. The first-order valence-electron chi connectivity index (χ1n) is 9.64. The molecule has 0 N–H and O–H groups in total. The highest BCUT2D eigenvalue weighted by Crippen LogP contribution is 2.26. The van der Waals surface area contributed by atoms with Crippen molar-refractivity contribution < 1.29 is 9.21 Å². The summed E-state index contributed by atoms with van der Waals surface area (Å²) in [4.78, 5) is 15.8. The molecule has 0 atom stereocenters. The van der Waals surface area contributed by atoms with Gasteiger partial charge in [-0.05, 0) is 29.0 Å². The minimum Gasteiger partial charge on any atom is -0.410 e. The van der Waals surface area contributed by atoms with Crippen LogP contribution in [-0.2, 0) is 17.8 Å². The minimum absolute atomic E-state index is 0.0515. The van der Waals surface area contributed by atoms with E-state index in [0.29, 0.717) is 24.2 Å². The Kier molecular flexibility index (Phi) is 6.95. The van der Waals surface area contributed by atoms with Crippen molar-refractivity contribution >= 4 is 29.0 Å². The van der Waals surface area contributed by atoms with Gasteiger partial charge in [0.2, 0.25) is 5.91 Å². The number of hydrogen-bond acceptors (Lipinski definition) is 6. The number of amides is 1. The van der Waals surface area contributed by atoms with Crippen LogP contribution in [-0.4, -0.2) is 33.3 Å². The molecule has 7 heteroatoms. The molecule has 0 saturated heterocycles. The van der Waals surface area contributed by atoms with E-state index in [0.717, 1.165) is 16.9 Å². The van der Waals surface area contributed by atoms with Gasteiger partial charge in [-0.3, -0.25) is 4.79 Å². The van der Waals surface area contributed by atoms with E-state index in [-0.39, 0.29) is 11.7 Å². The molecule has 0 bridgehead atoms. The number of carbonyl (C=O) groups excluding carboxylic acids is 1. The van der Waals surface area contributed by atoms with Crippen LogP contribution in [0.1, 0.15) is 11.1 Å². The van der Waals surface area contributed by atoms with E-state index in [2.05, 4.69) is 22.3 Å². The Hall–Kier alpha value is -2.90. The summed E-state index contributed by atoms with van der Waals surface area (Å²) in [5.41, 5.74) is 2.33. The van der Waals surface area contributed by atoms with Crippen LogP contribution in [0.4, 0.5) is 0 Å². The highest BCUT2D eigenvalue weighted by molar-refractivity contribution is 7.99. The molecule has 0 aliphatic heterocycles. The van der Waals surface area contributed by atoms with Crippen LogP contribution in [0.2, 0.25) is 0 Å². The van der Waals surface area contributed by atoms with Gasteiger partial charge in [-0.25, -0.2) is 0 Å². The second-order valence-electron chi connectivity index (χ2n) is 6.68. The van der Waals surface area contributed by atoms with Gasteiger partial charge in [0.15, 0.2) is 0 Å². The Morgan fingerprint density at radius 3 is 2.37 bits per heavy atom. The molecule has 2 aromatic carbocycles. The minimum atomic E-state index is 0.0515. The molecule has 0 fully saturated rings. The molecular formula is C23H21N3O2S2. The van der Waals surface area contributed by atoms with E-state index in [1.807, 2.05) is 70.9 Å². The molecule has 4 aromatic rings. The van der Waals surface area contributed by atoms with Gasteiger partial charge in [0.1, 0.15) is 0 Å². The molecule has 0 aliphatic rings. The van der Waals surface area contributed by atoms with Crippen LogP contribution in [0.25, 0.3) is 10.8 Å². The van der Waals surface area contributed by atoms with E-state index in [9.17, 15) is 4.79 Å². The van der Waals surface area contributed by atoms with Crippen molar-refractivity contribution in [3.05, 3.63) is 89.3 Å². The summed E-state index contributed by atoms with van der Waals surface area (Å²) in [6.45, 7) is 1.24. The number of thiophene rings is 1. The maximum Gasteiger partial charge on any atom is 0.277 e. The van der Waals surface area contributed by atoms with Crippen LogP contribution in [0, 0.1) is 0 Å². The smallest absolute Gasteiger partial charge is 0.277 e. The third-order valence-corrected chi connectivity index (χ3v) is 6.20. The van der Waals surface area contributed by atoms with Gasteiger partial charge in [0, 0.05) is 13.1 Å². The van der Waals surface area contributed by atoms with E-state index in [1.165, 1.54) is 17.3 Å². The quantitative estimate of drug-likeness (QED) is 0.340. The van der Waals surface area contributed by atoms with Crippen LogP contribution in [0.3, 0.4) is 0 Å². The highest BCUT2D eigenvalue weighted by atomic mass is 32.2. The van der Waals surface area contributed by atoms with E-state index < -0.39 is 0 Å². The predicted octanol–water partition coefficient (Wildman–Crippen LogP) is 5.16. The third-order valence-electron chi connectivity index (χ3n) is 4.54. The summed E-state index contributed by atoms with van der Waals surface area (Å²) in [5, 5.41) is 10.5. The van der Waals surface area contributed by atoms with Crippen molar-refractivity contribution in [2.45, 2.75) is 18.2 Å². The number of hydrogen-bond donors (Lipinski definition) is 0. The molecule has 0 spiro atoms. The molecule has 0 aliphatic carbocycles. The van der Waals surface area contributed by atoms with Gasteiger partial charge in [-0.1, -0.05) is 78.5 Å². The fourth-order valence-corrected chi connectivity index (χ4v) is 4.30. The number of carbonyl (C=O) groups is 1. The molecular weight excluding hydrogens is 414 g/mol. The zero-order chi connectivity index (χ0) is 20.6. The first-order valence-corrected chi connectivity index (χ1v) is 11.5. The van der Waals surface area contributed by atoms with Gasteiger partial charge in [0.05, 0.1) is 10.6 Å². The molecule has 4 rings (SSSR count). The maximum absolute atomic E-state index is 13.0. The Labute approximate surface area is 183 Å². The molecule has 0 unspecified atom stereocenters. The Morgan fingerprint density at radius 2 is 1.67 bits per heavy atom. The van der Waals surface area contributed by atoms with Gasteiger partial charge in [-0.15, -0.1) is 21.5 Å². The predicted molar refractivity (Wildman–Crippen MR) is 120 cm³/mol. The maximum atomic E-state index is 13.0. The SMILES string of the molecule is O=C(CSc1nnc(-c2cccs2)o1)N(CCc1ccccc1)Cc1ccccc1. The normalized spacial score (nSPS) is 10.8. The van der Waals surface area contributed by atoms with E-state index in [1.54, 1.807) is 11.3 Å². The standard InChI is InChI=1S/C23H21N3O2S2/c27-21(17-30-23-25-24-22(28-23)20-12-7-15-29-20)26(16-19-10-5-2-6-11-19)14-13-18-8-3-1-4-9-18/h1-12,15H,13-14,16-17H2. The third kappa shape index (κ3) is 5.58. The summed E-state index contributed by atoms with van der Waals surface area (Å²) in [6, 6.07) is 24.2. The summed E-state index contributed by atoms with van der Waals surface area (Å²) < 4.78 is 5.69. The molecule has 2 aromatic heterocycles. The van der Waals surface area contributed by atoms with Gasteiger partial charge >= 0.3 is 0 Å². The van der Waals surface area contributed by atoms with Crippen molar-refractivity contribution in [2.75, 3.05) is 12.3 Å². The van der Waals surface area contributed by atoms with Gasteiger partial charge < -0.3 is 9.32 Å². The second kappa shape index (κ2) is 10.2.